The minimum absolute atomic E-state index is 0.0821. The first-order valence-electron chi connectivity index (χ1n) is 7.45. The van der Waals surface area contributed by atoms with Gasteiger partial charge in [-0.1, -0.05) is 42.1 Å². The number of hydrogen-bond donors (Lipinski definition) is 1. The SMILES string of the molecule is O=C1NC(=O)C(Cc2ccc(OCC(=[OH+])c3ccccc3)cc2)S1. The molecule has 2 aromatic rings. The molecule has 24 heavy (non-hydrogen) atoms. The van der Waals surface area contributed by atoms with Crippen LogP contribution in [0.3, 0.4) is 0 Å². The molecule has 1 unspecified atom stereocenters. The molecule has 2 amide bonds. The average Bonchev–Trinajstić information content (AvgIpc) is 2.92. The zero-order chi connectivity index (χ0) is 16.9. The Morgan fingerprint density at radius 3 is 2.42 bits per heavy atom. The molecule has 122 valence electrons. The molecule has 1 heterocycles. The Hall–Kier alpha value is -2.60. The second kappa shape index (κ2) is 7.31. The summed E-state index contributed by atoms with van der Waals surface area (Å²) in [4.78, 5) is 32.7. The Bertz CT molecular complexity index is 758. The summed E-state index contributed by atoms with van der Waals surface area (Å²) in [6, 6.07) is 16.5. The van der Waals surface area contributed by atoms with Crippen molar-refractivity contribution < 1.29 is 19.1 Å². The summed E-state index contributed by atoms with van der Waals surface area (Å²) < 4.78 is 5.56. The molecule has 6 heteroatoms. The first-order chi connectivity index (χ1) is 11.6. The lowest BCUT2D eigenvalue weighted by Crippen LogP contribution is -2.25. The standard InChI is InChI=1S/C18H15NO4S/c20-15(13-4-2-1-3-5-13)11-23-14-8-6-12(7-9-14)10-16-17(21)19-18(22)24-16/h1-9,16H,10-11H2,(H,19,21,22)/p+1. The van der Waals surface area contributed by atoms with Gasteiger partial charge in [-0.3, -0.25) is 19.7 Å². The van der Waals surface area contributed by atoms with E-state index in [4.69, 9.17) is 4.74 Å². The van der Waals surface area contributed by atoms with Crippen LogP contribution in [0.1, 0.15) is 11.1 Å². The molecule has 2 aromatic carbocycles. The van der Waals surface area contributed by atoms with E-state index in [1.165, 1.54) is 0 Å². The molecule has 1 aliphatic rings. The van der Waals surface area contributed by atoms with Crippen LogP contribution in [0, 0.1) is 0 Å². The highest BCUT2D eigenvalue weighted by Gasteiger charge is 2.31. The number of imide groups is 1. The van der Waals surface area contributed by atoms with Crippen LogP contribution < -0.4 is 10.1 Å². The van der Waals surface area contributed by atoms with Crippen LogP contribution in [0.5, 0.6) is 5.75 Å². The quantitative estimate of drug-likeness (QED) is 0.646. The molecule has 0 aromatic heterocycles. The minimum atomic E-state index is -0.375. The summed E-state index contributed by atoms with van der Waals surface area (Å²) in [5.74, 6) is 0.547. The van der Waals surface area contributed by atoms with Crippen molar-refractivity contribution in [2.24, 2.45) is 0 Å². The fourth-order valence-electron chi connectivity index (χ4n) is 2.33. The zero-order valence-corrected chi connectivity index (χ0v) is 13.6. The third kappa shape index (κ3) is 4.02. The maximum Gasteiger partial charge on any atom is 0.360 e. The van der Waals surface area contributed by atoms with Crippen molar-refractivity contribution in [2.75, 3.05) is 6.61 Å². The molecule has 0 aliphatic carbocycles. The van der Waals surface area contributed by atoms with E-state index in [-0.39, 0.29) is 28.8 Å². The van der Waals surface area contributed by atoms with Crippen molar-refractivity contribution >= 4 is 28.7 Å². The molecule has 0 radical (unpaired) electrons. The second-order valence-electron chi connectivity index (χ2n) is 5.33. The number of nitrogens with one attached hydrogen (secondary N) is 1. The summed E-state index contributed by atoms with van der Waals surface area (Å²) in [6.07, 6.45) is 0.490. The van der Waals surface area contributed by atoms with Gasteiger partial charge in [0.25, 0.3) is 5.24 Å². The molecule has 2 N–H and O–H groups in total. The van der Waals surface area contributed by atoms with Crippen molar-refractivity contribution in [1.29, 1.82) is 0 Å². The van der Waals surface area contributed by atoms with Gasteiger partial charge in [0.1, 0.15) is 5.75 Å². The van der Waals surface area contributed by atoms with Crippen LogP contribution in [0.4, 0.5) is 4.79 Å². The van der Waals surface area contributed by atoms with E-state index in [2.05, 4.69) is 5.32 Å². The molecule has 0 spiro atoms. The van der Waals surface area contributed by atoms with Gasteiger partial charge in [0.15, 0.2) is 0 Å². The number of ketones is 1. The number of thioether (sulfide) groups is 1. The molecule has 0 saturated carbocycles. The molecule has 1 aliphatic heterocycles. The molecule has 1 fully saturated rings. The highest BCUT2D eigenvalue weighted by atomic mass is 32.2. The Labute approximate surface area is 143 Å². The van der Waals surface area contributed by atoms with E-state index in [9.17, 15) is 14.4 Å². The van der Waals surface area contributed by atoms with Crippen LogP contribution in [-0.2, 0) is 11.2 Å². The van der Waals surface area contributed by atoms with E-state index in [1.54, 1.807) is 12.1 Å². The van der Waals surface area contributed by atoms with Gasteiger partial charge in [0, 0.05) is 0 Å². The van der Waals surface area contributed by atoms with Crippen LogP contribution in [0.25, 0.3) is 0 Å². The van der Waals surface area contributed by atoms with Crippen molar-refractivity contribution in [3.8, 4) is 5.75 Å². The third-order valence-corrected chi connectivity index (χ3v) is 4.58. The molecule has 5 nitrogen and oxygen atoms in total. The molecular weight excluding hydrogens is 326 g/mol. The summed E-state index contributed by atoms with van der Waals surface area (Å²) in [5.41, 5.74) is 1.67. The molecule has 0 bridgehead atoms. The van der Waals surface area contributed by atoms with Crippen LogP contribution in [0.2, 0.25) is 0 Å². The maximum atomic E-state index is 11.6. The Kier molecular flexibility index (Phi) is 4.96. The van der Waals surface area contributed by atoms with Crippen LogP contribution in [-0.4, -0.2) is 33.6 Å². The summed E-state index contributed by atoms with van der Waals surface area (Å²) in [6.45, 7) is 0.0821. The zero-order valence-electron chi connectivity index (χ0n) is 12.8. The molecule has 1 atom stereocenters. The van der Waals surface area contributed by atoms with E-state index in [1.807, 2.05) is 42.5 Å². The first-order valence-corrected chi connectivity index (χ1v) is 8.33. The number of benzene rings is 2. The minimum Gasteiger partial charge on any atom is -0.480 e. The van der Waals surface area contributed by atoms with Gasteiger partial charge in [-0.25, -0.2) is 0 Å². The van der Waals surface area contributed by atoms with Gasteiger partial charge in [0.05, 0.1) is 10.8 Å². The largest absolute Gasteiger partial charge is 0.480 e. The second-order valence-corrected chi connectivity index (χ2v) is 6.51. The number of ether oxygens (including phenoxy) is 1. The van der Waals surface area contributed by atoms with Crippen LogP contribution >= 0.6 is 11.8 Å². The summed E-state index contributed by atoms with van der Waals surface area (Å²) in [7, 11) is 0. The lowest BCUT2D eigenvalue weighted by molar-refractivity contribution is -0.118. The summed E-state index contributed by atoms with van der Waals surface area (Å²) >= 11 is 1.02. The molecule has 3 rings (SSSR count). The van der Waals surface area contributed by atoms with E-state index < -0.39 is 0 Å². The highest BCUT2D eigenvalue weighted by molar-refractivity contribution is 8.15. The Morgan fingerprint density at radius 2 is 1.79 bits per heavy atom. The maximum absolute atomic E-state index is 11.6. The number of hydrogen-bond acceptors (Lipinski definition) is 4. The van der Waals surface area contributed by atoms with Crippen molar-refractivity contribution in [2.45, 2.75) is 11.7 Å². The molecule has 1 saturated heterocycles. The molecular formula is C18H16NO4S+. The lowest BCUT2D eigenvalue weighted by Gasteiger charge is -2.07. The van der Waals surface area contributed by atoms with Crippen molar-refractivity contribution in [3.63, 3.8) is 0 Å². The fraction of sp³-hybridized carbons (Fsp3) is 0.167. The predicted molar refractivity (Wildman–Crippen MR) is 93.0 cm³/mol. The van der Waals surface area contributed by atoms with Gasteiger partial charge >= 0.3 is 5.78 Å². The lowest BCUT2D eigenvalue weighted by atomic mass is 10.1. The predicted octanol–water partition coefficient (Wildman–Crippen LogP) is 2.55. The van der Waals surface area contributed by atoms with E-state index in [0.717, 1.165) is 22.9 Å². The van der Waals surface area contributed by atoms with Gasteiger partial charge in [-0.15, -0.1) is 0 Å². The van der Waals surface area contributed by atoms with Gasteiger partial charge in [-0.2, -0.15) is 0 Å². The monoisotopic (exact) mass is 342 g/mol. The van der Waals surface area contributed by atoms with Gasteiger partial charge < -0.3 is 4.74 Å². The number of carbonyl (C=O) groups is 2. The topological polar surface area (TPSA) is 76.8 Å². The number of carbonyl (C=O) groups excluding carboxylic acids is 3. The Morgan fingerprint density at radius 1 is 1.08 bits per heavy atom. The van der Waals surface area contributed by atoms with E-state index in [0.29, 0.717) is 12.2 Å². The van der Waals surface area contributed by atoms with Crippen molar-refractivity contribution in [1.82, 2.24) is 5.32 Å². The highest BCUT2D eigenvalue weighted by Crippen LogP contribution is 2.23. The normalized spacial score (nSPS) is 16.8. The van der Waals surface area contributed by atoms with Crippen LogP contribution in [0.15, 0.2) is 54.6 Å². The van der Waals surface area contributed by atoms with Crippen molar-refractivity contribution in [3.05, 3.63) is 65.7 Å². The van der Waals surface area contributed by atoms with E-state index >= 15 is 0 Å². The first kappa shape index (κ1) is 16.3. The Balaban J connectivity index is 1.54. The van der Waals surface area contributed by atoms with Gasteiger partial charge in [-0.05, 0) is 36.2 Å². The number of amides is 2. The average molecular weight is 342 g/mol. The smallest absolute Gasteiger partial charge is 0.360 e. The summed E-state index contributed by atoms with van der Waals surface area (Å²) in [5, 5.41) is 1.61. The van der Waals surface area contributed by atoms with Gasteiger partial charge in [0.2, 0.25) is 12.5 Å². The third-order valence-electron chi connectivity index (χ3n) is 3.59. The fourth-order valence-corrected chi connectivity index (χ4v) is 3.19. The number of rotatable bonds is 6.